The summed E-state index contributed by atoms with van der Waals surface area (Å²) >= 11 is 0. The molecule has 0 aliphatic carbocycles. The summed E-state index contributed by atoms with van der Waals surface area (Å²) in [5, 5.41) is 4.19. The smallest absolute Gasteiger partial charge is 0.416 e. The molecule has 0 amide bonds. The zero-order valence-corrected chi connectivity index (χ0v) is 11.2. The molecule has 0 spiro atoms. The Balaban J connectivity index is 2.40. The van der Waals surface area contributed by atoms with E-state index in [0.717, 1.165) is 10.3 Å². The topological polar surface area (TPSA) is 97.7 Å². The molecule has 0 atom stereocenters. The second-order valence-corrected chi connectivity index (χ2v) is 4.46. The van der Waals surface area contributed by atoms with Gasteiger partial charge in [-0.2, -0.15) is 4.98 Å². The molecule has 0 saturated heterocycles. The zero-order chi connectivity index (χ0) is 14.4. The summed E-state index contributed by atoms with van der Waals surface area (Å²) < 4.78 is 7.81. The van der Waals surface area contributed by atoms with Gasteiger partial charge in [-0.15, -0.1) is 4.68 Å². The Morgan fingerprint density at radius 1 is 1.35 bits per heavy atom. The SMILES string of the molecule is Cc1ccc(-c2nc3c(=O)n(C)c(=O)[nH]c3[n+](C)n2)o1. The third-order valence-corrected chi connectivity index (χ3v) is 3.01. The molecular formula is C12H12N5O3+. The summed E-state index contributed by atoms with van der Waals surface area (Å²) in [6.07, 6.45) is 0. The lowest BCUT2D eigenvalue weighted by atomic mass is 10.4. The quantitative estimate of drug-likeness (QED) is 0.598. The minimum absolute atomic E-state index is 0.133. The van der Waals surface area contributed by atoms with E-state index >= 15 is 0 Å². The maximum atomic E-state index is 12.1. The van der Waals surface area contributed by atoms with Crippen molar-refractivity contribution in [3.05, 3.63) is 38.7 Å². The van der Waals surface area contributed by atoms with Crippen LogP contribution in [0.15, 0.2) is 26.1 Å². The van der Waals surface area contributed by atoms with Crippen LogP contribution in [0, 0.1) is 6.92 Å². The Labute approximate surface area is 112 Å². The van der Waals surface area contributed by atoms with Crippen molar-refractivity contribution in [2.75, 3.05) is 0 Å². The van der Waals surface area contributed by atoms with Gasteiger partial charge >= 0.3 is 11.3 Å². The highest BCUT2D eigenvalue weighted by Gasteiger charge is 2.19. The Morgan fingerprint density at radius 3 is 2.75 bits per heavy atom. The highest BCUT2D eigenvalue weighted by atomic mass is 16.3. The monoisotopic (exact) mass is 274 g/mol. The van der Waals surface area contributed by atoms with Gasteiger partial charge in [0.2, 0.25) is 11.3 Å². The first-order valence-electron chi connectivity index (χ1n) is 5.91. The molecule has 3 aromatic rings. The predicted octanol–water partition coefficient (Wildman–Crippen LogP) is -0.590. The third kappa shape index (κ3) is 1.73. The average Bonchev–Trinajstić information content (AvgIpc) is 2.84. The maximum Gasteiger partial charge on any atom is 0.416 e. The minimum Gasteiger partial charge on any atom is -0.458 e. The summed E-state index contributed by atoms with van der Waals surface area (Å²) in [6, 6.07) is 3.51. The average molecular weight is 274 g/mol. The van der Waals surface area contributed by atoms with Gasteiger partial charge in [-0.25, -0.2) is 14.3 Å². The van der Waals surface area contributed by atoms with Crippen molar-refractivity contribution in [3.63, 3.8) is 0 Å². The van der Waals surface area contributed by atoms with Crippen LogP contribution in [0.1, 0.15) is 5.76 Å². The van der Waals surface area contributed by atoms with Crippen LogP contribution >= 0.6 is 0 Å². The molecule has 8 heteroatoms. The number of fused-ring (bicyclic) bond motifs is 1. The van der Waals surface area contributed by atoms with Crippen LogP contribution in [0.25, 0.3) is 22.7 Å². The fraction of sp³-hybridized carbons (Fsp3) is 0.250. The molecule has 1 N–H and O–H groups in total. The second kappa shape index (κ2) is 4.12. The Morgan fingerprint density at radius 2 is 2.10 bits per heavy atom. The summed E-state index contributed by atoms with van der Waals surface area (Å²) in [4.78, 5) is 30.4. The summed E-state index contributed by atoms with van der Waals surface area (Å²) in [6.45, 7) is 1.81. The van der Waals surface area contributed by atoms with E-state index in [9.17, 15) is 9.59 Å². The van der Waals surface area contributed by atoms with Gasteiger partial charge in [0.25, 0.3) is 5.56 Å². The van der Waals surface area contributed by atoms with Crippen LogP contribution in [0.3, 0.4) is 0 Å². The fourth-order valence-corrected chi connectivity index (χ4v) is 1.91. The van der Waals surface area contributed by atoms with Crippen LogP contribution in [0.4, 0.5) is 0 Å². The number of furan rings is 1. The lowest BCUT2D eigenvalue weighted by molar-refractivity contribution is -0.707. The van der Waals surface area contributed by atoms with E-state index in [2.05, 4.69) is 15.1 Å². The summed E-state index contributed by atoms with van der Waals surface area (Å²) in [5.74, 6) is 1.48. The van der Waals surface area contributed by atoms with Gasteiger partial charge in [0.1, 0.15) is 12.8 Å². The van der Waals surface area contributed by atoms with E-state index in [1.54, 1.807) is 26.1 Å². The van der Waals surface area contributed by atoms with Gasteiger partial charge in [-0.3, -0.25) is 4.79 Å². The fourth-order valence-electron chi connectivity index (χ4n) is 1.91. The number of aryl methyl sites for hydroxylation is 2. The number of nitrogens with one attached hydrogen (secondary N) is 1. The molecule has 0 radical (unpaired) electrons. The van der Waals surface area contributed by atoms with Crippen molar-refractivity contribution in [3.8, 4) is 11.6 Å². The first-order valence-corrected chi connectivity index (χ1v) is 5.91. The summed E-state index contributed by atoms with van der Waals surface area (Å²) in [7, 11) is 3.01. The molecule has 3 heterocycles. The number of hydrogen-bond acceptors (Lipinski definition) is 5. The normalized spacial score (nSPS) is 11.2. The number of aromatic nitrogens is 5. The van der Waals surface area contributed by atoms with Gasteiger partial charge in [0.15, 0.2) is 5.76 Å². The van der Waals surface area contributed by atoms with Crippen LogP contribution in [-0.2, 0) is 14.1 Å². The van der Waals surface area contributed by atoms with Crippen molar-refractivity contribution in [1.29, 1.82) is 0 Å². The molecule has 3 rings (SSSR count). The number of rotatable bonds is 1. The zero-order valence-electron chi connectivity index (χ0n) is 11.2. The largest absolute Gasteiger partial charge is 0.458 e. The van der Waals surface area contributed by atoms with E-state index in [4.69, 9.17) is 4.42 Å². The molecule has 0 aliphatic heterocycles. The van der Waals surface area contributed by atoms with Crippen LogP contribution in [0.2, 0.25) is 0 Å². The molecule has 0 aliphatic rings. The molecule has 0 fully saturated rings. The number of hydrogen-bond donors (Lipinski definition) is 1. The molecule has 0 aromatic carbocycles. The van der Waals surface area contributed by atoms with E-state index in [-0.39, 0.29) is 17.0 Å². The Bertz CT molecular complexity index is 934. The van der Waals surface area contributed by atoms with Crippen molar-refractivity contribution in [2.24, 2.45) is 14.1 Å². The first-order chi connectivity index (χ1) is 9.47. The molecular weight excluding hydrogens is 262 g/mol. The van der Waals surface area contributed by atoms with E-state index in [1.165, 1.54) is 11.7 Å². The highest BCUT2D eigenvalue weighted by molar-refractivity contribution is 5.66. The van der Waals surface area contributed by atoms with Crippen molar-refractivity contribution < 1.29 is 9.10 Å². The minimum atomic E-state index is -0.511. The lowest BCUT2D eigenvalue weighted by Crippen LogP contribution is -2.42. The Hall–Kier alpha value is -2.77. The third-order valence-electron chi connectivity index (χ3n) is 3.01. The second-order valence-electron chi connectivity index (χ2n) is 4.46. The predicted molar refractivity (Wildman–Crippen MR) is 69.0 cm³/mol. The molecule has 8 nitrogen and oxygen atoms in total. The lowest BCUT2D eigenvalue weighted by Gasteiger charge is -2.00. The molecule has 0 unspecified atom stereocenters. The van der Waals surface area contributed by atoms with Crippen LogP contribution in [-0.4, -0.2) is 19.6 Å². The van der Waals surface area contributed by atoms with Gasteiger partial charge in [0.05, 0.1) is 0 Å². The highest BCUT2D eigenvalue weighted by Crippen LogP contribution is 2.17. The number of H-pyrrole nitrogens is 1. The first kappa shape index (κ1) is 12.3. The molecule has 3 aromatic heterocycles. The van der Waals surface area contributed by atoms with Gasteiger partial charge in [-0.1, -0.05) is 5.10 Å². The standard InChI is InChI=1S/C12H11N5O3/c1-6-4-5-7(20-6)9-13-8-10(17(3)15-9)14-12(19)16(2)11(8)18/h4-5H,1-3H3/p+1. The summed E-state index contributed by atoms with van der Waals surface area (Å²) in [5.41, 5.74) is -0.589. The van der Waals surface area contributed by atoms with Gasteiger partial charge < -0.3 is 4.42 Å². The van der Waals surface area contributed by atoms with Gasteiger partial charge in [0, 0.05) is 7.05 Å². The van der Waals surface area contributed by atoms with Crippen molar-refractivity contribution in [1.82, 2.24) is 19.6 Å². The van der Waals surface area contributed by atoms with E-state index in [0.29, 0.717) is 5.76 Å². The molecule has 20 heavy (non-hydrogen) atoms. The number of aromatic amines is 1. The van der Waals surface area contributed by atoms with Crippen LogP contribution in [0.5, 0.6) is 0 Å². The molecule has 102 valence electrons. The Kier molecular flexibility index (Phi) is 2.53. The number of nitrogens with zero attached hydrogens (tertiary/aromatic N) is 4. The van der Waals surface area contributed by atoms with Crippen molar-refractivity contribution >= 4 is 11.2 Å². The maximum absolute atomic E-state index is 12.1. The van der Waals surface area contributed by atoms with Crippen molar-refractivity contribution in [2.45, 2.75) is 6.92 Å². The van der Waals surface area contributed by atoms with Crippen LogP contribution < -0.4 is 15.9 Å². The van der Waals surface area contributed by atoms with Gasteiger partial charge in [-0.05, 0) is 19.1 Å². The van der Waals surface area contributed by atoms with E-state index < -0.39 is 11.2 Å². The molecule has 0 saturated carbocycles. The molecule has 0 bridgehead atoms. The van der Waals surface area contributed by atoms with E-state index in [1.807, 2.05) is 0 Å².